The van der Waals surface area contributed by atoms with Gasteiger partial charge in [0.15, 0.2) is 0 Å². The molecule has 7 heteroatoms. The highest BCUT2D eigenvalue weighted by Gasteiger charge is 2.21. The molecule has 4 heterocycles. The molecule has 138 valence electrons. The lowest BCUT2D eigenvalue weighted by Crippen LogP contribution is -2.47. The van der Waals surface area contributed by atoms with E-state index in [-0.39, 0.29) is 0 Å². The molecule has 0 aromatic carbocycles. The highest BCUT2D eigenvalue weighted by Crippen LogP contribution is 2.19. The Morgan fingerprint density at radius 2 is 2.00 bits per heavy atom. The second-order valence-corrected chi connectivity index (χ2v) is 6.87. The van der Waals surface area contributed by atoms with E-state index >= 15 is 0 Å². The first-order chi connectivity index (χ1) is 12.8. The van der Waals surface area contributed by atoms with Gasteiger partial charge >= 0.3 is 0 Å². The Morgan fingerprint density at radius 1 is 1.15 bits per heavy atom. The van der Waals surface area contributed by atoms with Gasteiger partial charge in [0.2, 0.25) is 5.95 Å². The monoisotopic (exact) mass is 354 g/mol. The molecule has 7 nitrogen and oxygen atoms in total. The van der Waals surface area contributed by atoms with Crippen LogP contribution in [0.2, 0.25) is 0 Å². The molecule has 0 spiro atoms. The number of aromatic nitrogens is 3. The minimum atomic E-state index is 0.302. The molecule has 0 aliphatic carbocycles. The van der Waals surface area contributed by atoms with Gasteiger partial charge in [-0.3, -0.25) is 0 Å². The zero-order chi connectivity index (χ0) is 17.8. The lowest BCUT2D eigenvalue weighted by atomic mass is 10.2. The number of anilines is 3. The summed E-state index contributed by atoms with van der Waals surface area (Å²) in [4.78, 5) is 18.4. The number of ether oxygens (including phenoxy) is 1. The topological polar surface area (TPSA) is 66.4 Å². The first-order valence-electron chi connectivity index (χ1n) is 9.40. The molecule has 2 aliphatic rings. The molecule has 1 N–H and O–H groups in total. The molecule has 0 amide bonds. The number of hydrogen-bond acceptors (Lipinski definition) is 7. The predicted octanol–water partition coefficient (Wildman–Crippen LogP) is 2.10. The number of aryl methyl sites for hydroxylation is 1. The van der Waals surface area contributed by atoms with Crippen molar-refractivity contribution in [3.8, 4) is 0 Å². The van der Waals surface area contributed by atoms with E-state index in [4.69, 9.17) is 9.72 Å². The van der Waals surface area contributed by atoms with Gasteiger partial charge in [-0.15, -0.1) is 0 Å². The van der Waals surface area contributed by atoms with Gasteiger partial charge in [0, 0.05) is 57.3 Å². The Bertz CT molecular complexity index is 711. The van der Waals surface area contributed by atoms with Crippen molar-refractivity contribution in [2.75, 3.05) is 54.4 Å². The summed E-state index contributed by atoms with van der Waals surface area (Å²) in [5.74, 6) is 2.73. The van der Waals surface area contributed by atoms with Crippen LogP contribution < -0.4 is 15.1 Å². The van der Waals surface area contributed by atoms with Gasteiger partial charge in [-0.1, -0.05) is 6.07 Å². The molecule has 2 aromatic heterocycles. The minimum absolute atomic E-state index is 0.302. The third kappa shape index (κ3) is 4.04. The van der Waals surface area contributed by atoms with E-state index in [9.17, 15) is 0 Å². The van der Waals surface area contributed by atoms with Crippen molar-refractivity contribution in [3.63, 3.8) is 0 Å². The standard InChI is InChI=1S/C19H26N6O/c1-15-13-17(21-14-16-5-4-12-26-16)23-19(22-15)25-10-8-24(9-11-25)18-6-2-3-7-20-18/h2-3,6-7,13,16H,4-5,8-12,14H2,1H3,(H,21,22,23). The first kappa shape index (κ1) is 17.0. The molecule has 1 unspecified atom stereocenters. The van der Waals surface area contributed by atoms with Crippen LogP contribution in [0.3, 0.4) is 0 Å². The zero-order valence-electron chi connectivity index (χ0n) is 15.3. The summed E-state index contributed by atoms with van der Waals surface area (Å²) in [6.45, 7) is 7.34. The van der Waals surface area contributed by atoms with Crippen LogP contribution in [0.25, 0.3) is 0 Å². The minimum Gasteiger partial charge on any atom is -0.376 e. The molecule has 2 saturated heterocycles. The molecular weight excluding hydrogens is 328 g/mol. The molecule has 2 fully saturated rings. The van der Waals surface area contributed by atoms with Gasteiger partial charge in [-0.25, -0.2) is 9.97 Å². The number of rotatable bonds is 5. The summed E-state index contributed by atoms with van der Waals surface area (Å²) in [5.41, 5.74) is 0.983. The van der Waals surface area contributed by atoms with Crippen LogP contribution in [-0.2, 0) is 4.74 Å². The summed E-state index contributed by atoms with van der Waals surface area (Å²) in [6.07, 6.45) is 4.42. The number of piperazine rings is 1. The molecule has 2 aromatic rings. The lowest BCUT2D eigenvalue weighted by molar-refractivity contribution is 0.120. The van der Waals surface area contributed by atoms with Gasteiger partial charge in [0.1, 0.15) is 11.6 Å². The van der Waals surface area contributed by atoms with E-state index < -0.39 is 0 Å². The maximum absolute atomic E-state index is 5.68. The Balaban J connectivity index is 1.38. The fourth-order valence-electron chi connectivity index (χ4n) is 3.48. The fraction of sp³-hybridized carbons (Fsp3) is 0.526. The zero-order valence-corrected chi connectivity index (χ0v) is 15.3. The third-order valence-corrected chi connectivity index (χ3v) is 4.91. The van der Waals surface area contributed by atoms with Gasteiger partial charge in [0.05, 0.1) is 6.10 Å². The van der Waals surface area contributed by atoms with Crippen molar-refractivity contribution < 1.29 is 4.74 Å². The molecule has 4 rings (SSSR count). The third-order valence-electron chi connectivity index (χ3n) is 4.91. The van der Waals surface area contributed by atoms with E-state index in [0.717, 1.165) is 75.5 Å². The SMILES string of the molecule is Cc1cc(NCC2CCCO2)nc(N2CCN(c3ccccn3)CC2)n1. The lowest BCUT2D eigenvalue weighted by Gasteiger charge is -2.35. The summed E-state index contributed by atoms with van der Waals surface area (Å²) in [5, 5.41) is 3.42. The molecule has 0 saturated carbocycles. The Hall–Kier alpha value is -2.41. The first-order valence-corrected chi connectivity index (χ1v) is 9.40. The molecule has 26 heavy (non-hydrogen) atoms. The quantitative estimate of drug-likeness (QED) is 0.882. The maximum Gasteiger partial charge on any atom is 0.227 e. The number of hydrogen-bond donors (Lipinski definition) is 1. The largest absolute Gasteiger partial charge is 0.376 e. The number of nitrogens with one attached hydrogen (secondary N) is 1. The Kier molecular flexibility index (Phi) is 5.15. The van der Waals surface area contributed by atoms with E-state index in [2.05, 4.69) is 31.2 Å². The van der Waals surface area contributed by atoms with Gasteiger partial charge in [0.25, 0.3) is 0 Å². The Labute approximate surface area is 154 Å². The van der Waals surface area contributed by atoms with Crippen LogP contribution in [0.5, 0.6) is 0 Å². The van der Waals surface area contributed by atoms with Crippen molar-refractivity contribution in [1.82, 2.24) is 15.0 Å². The maximum atomic E-state index is 5.68. The van der Waals surface area contributed by atoms with Gasteiger partial charge in [-0.05, 0) is 31.9 Å². The highest BCUT2D eigenvalue weighted by atomic mass is 16.5. The molecule has 0 bridgehead atoms. The average Bonchev–Trinajstić information content (AvgIpc) is 3.20. The average molecular weight is 354 g/mol. The van der Waals surface area contributed by atoms with Crippen molar-refractivity contribution in [3.05, 3.63) is 36.2 Å². The normalized spacial score (nSPS) is 20.4. The van der Waals surface area contributed by atoms with Crippen LogP contribution in [0.4, 0.5) is 17.6 Å². The van der Waals surface area contributed by atoms with Crippen molar-refractivity contribution >= 4 is 17.6 Å². The van der Waals surface area contributed by atoms with E-state index in [1.807, 2.05) is 31.3 Å². The summed E-state index contributed by atoms with van der Waals surface area (Å²) in [7, 11) is 0. The highest BCUT2D eigenvalue weighted by molar-refractivity contribution is 5.46. The van der Waals surface area contributed by atoms with Crippen molar-refractivity contribution in [2.24, 2.45) is 0 Å². The Morgan fingerprint density at radius 3 is 2.73 bits per heavy atom. The van der Waals surface area contributed by atoms with Crippen LogP contribution in [0.15, 0.2) is 30.5 Å². The van der Waals surface area contributed by atoms with E-state index in [0.29, 0.717) is 6.10 Å². The van der Waals surface area contributed by atoms with E-state index in [1.165, 1.54) is 0 Å². The van der Waals surface area contributed by atoms with Gasteiger partial charge in [-0.2, -0.15) is 4.98 Å². The number of pyridine rings is 1. The molecule has 1 atom stereocenters. The fourth-order valence-corrected chi connectivity index (χ4v) is 3.48. The van der Waals surface area contributed by atoms with E-state index in [1.54, 1.807) is 0 Å². The van der Waals surface area contributed by atoms with Crippen LogP contribution >= 0.6 is 0 Å². The van der Waals surface area contributed by atoms with Gasteiger partial charge < -0.3 is 19.9 Å². The summed E-state index contributed by atoms with van der Waals surface area (Å²) >= 11 is 0. The van der Waals surface area contributed by atoms with Crippen LogP contribution in [0, 0.1) is 6.92 Å². The smallest absolute Gasteiger partial charge is 0.227 e. The predicted molar refractivity (Wildman–Crippen MR) is 103 cm³/mol. The van der Waals surface area contributed by atoms with Crippen molar-refractivity contribution in [2.45, 2.75) is 25.9 Å². The molecular formula is C19H26N6O. The second kappa shape index (κ2) is 7.86. The molecule has 0 radical (unpaired) electrons. The number of nitrogens with zero attached hydrogens (tertiary/aromatic N) is 5. The summed E-state index contributed by atoms with van der Waals surface area (Å²) in [6, 6.07) is 8.05. The van der Waals surface area contributed by atoms with Crippen molar-refractivity contribution in [1.29, 1.82) is 0 Å². The van der Waals surface area contributed by atoms with Crippen LogP contribution in [-0.4, -0.2) is 60.4 Å². The second-order valence-electron chi connectivity index (χ2n) is 6.87. The molecule has 2 aliphatic heterocycles. The van der Waals surface area contributed by atoms with Crippen LogP contribution in [0.1, 0.15) is 18.5 Å². The summed E-state index contributed by atoms with van der Waals surface area (Å²) < 4.78 is 5.68.